The number of benzene rings is 1. The van der Waals surface area contributed by atoms with E-state index in [-0.39, 0.29) is 16.9 Å². The topological polar surface area (TPSA) is 86.3 Å². The van der Waals surface area contributed by atoms with Crippen molar-refractivity contribution < 1.29 is 14.1 Å². The Morgan fingerprint density at radius 1 is 1.32 bits per heavy atom. The van der Waals surface area contributed by atoms with Crippen molar-refractivity contribution in [2.24, 2.45) is 0 Å². The van der Waals surface area contributed by atoms with Crippen molar-refractivity contribution in [1.82, 2.24) is 19.4 Å². The fourth-order valence-electron chi connectivity index (χ4n) is 4.26. The smallest absolute Gasteiger partial charge is 0.415 e. The first-order valence-corrected chi connectivity index (χ1v) is 10.2. The molecule has 0 saturated carbocycles. The van der Waals surface area contributed by atoms with E-state index in [1.165, 1.54) is 18.3 Å². The monoisotopic (exact) mass is 443 g/mol. The molecule has 0 saturated heterocycles. The lowest BCUT2D eigenvalue weighted by Gasteiger charge is -2.34. The Morgan fingerprint density at radius 3 is 2.90 bits per heavy atom. The third-order valence-corrected chi connectivity index (χ3v) is 5.96. The zero-order valence-electron chi connectivity index (χ0n) is 16.7. The molecule has 0 spiro atoms. The summed E-state index contributed by atoms with van der Waals surface area (Å²) in [5.74, 6) is -0.661. The number of fused-ring (bicyclic) bond motifs is 2. The minimum Gasteiger partial charge on any atom is -0.436 e. The van der Waals surface area contributed by atoms with Crippen LogP contribution in [0.4, 0.5) is 10.2 Å². The van der Waals surface area contributed by atoms with Crippen molar-refractivity contribution in [3.05, 3.63) is 68.7 Å². The SMILES string of the molecule is C[C@]1(CN2CCc3nc(-c4ccc(Cl)c(F)c4)ccc3C2)Cn2cc([N+](=O)[O-])nc2O1. The van der Waals surface area contributed by atoms with E-state index >= 15 is 0 Å². The molecule has 0 aliphatic carbocycles. The van der Waals surface area contributed by atoms with Gasteiger partial charge in [0.2, 0.25) is 0 Å². The number of hydrogen-bond donors (Lipinski definition) is 0. The average molecular weight is 444 g/mol. The van der Waals surface area contributed by atoms with Crippen LogP contribution in [0.1, 0.15) is 18.2 Å². The molecule has 1 aromatic carbocycles. The van der Waals surface area contributed by atoms with E-state index in [4.69, 9.17) is 21.3 Å². The Kier molecular flexibility index (Phi) is 4.67. The molecule has 4 heterocycles. The molecule has 2 aromatic heterocycles. The van der Waals surface area contributed by atoms with Gasteiger partial charge >= 0.3 is 11.8 Å². The van der Waals surface area contributed by atoms with Crippen molar-refractivity contribution in [3.8, 4) is 17.3 Å². The van der Waals surface area contributed by atoms with Crippen molar-refractivity contribution in [3.63, 3.8) is 0 Å². The van der Waals surface area contributed by atoms with Crippen molar-refractivity contribution >= 4 is 17.4 Å². The largest absolute Gasteiger partial charge is 0.436 e. The van der Waals surface area contributed by atoms with Crippen LogP contribution < -0.4 is 4.74 Å². The number of hydrogen-bond acceptors (Lipinski definition) is 6. The number of ether oxygens (including phenoxy) is 1. The second-order valence-corrected chi connectivity index (χ2v) is 8.62. The number of pyridine rings is 1. The summed E-state index contributed by atoms with van der Waals surface area (Å²) in [4.78, 5) is 21.3. The van der Waals surface area contributed by atoms with E-state index in [1.54, 1.807) is 10.6 Å². The molecule has 31 heavy (non-hydrogen) atoms. The van der Waals surface area contributed by atoms with Crippen LogP contribution in [-0.2, 0) is 19.5 Å². The fraction of sp³-hybridized carbons (Fsp3) is 0.333. The van der Waals surface area contributed by atoms with Gasteiger partial charge in [0.15, 0.2) is 0 Å². The Labute approximate surface area is 182 Å². The lowest BCUT2D eigenvalue weighted by Crippen LogP contribution is -2.46. The first kappa shape index (κ1) is 19.9. The fourth-order valence-corrected chi connectivity index (χ4v) is 4.38. The average Bonchev–Trinajstić information content (AvgIpc) is 3.24. The first-order chi connectivity index (χ1) is 14.8. The summed E-state index contributed by atoms with van der Waals surface area (Å²) in [6.45, 7) is 4.68. The standard InChI is InChI=1S/C21H19ClFN5O3/c1-21(12-27-10-19(28(29)30)25-20(27)31-21)11-26-7-6-18-14(9-26)3-5-17(24-18)13-2-4-15(22)16(23)8-13/h2-5,8,10H,6-7,9,11-12H2,1H3/t21-/m0/s1. The highest BCUT2D eigenvalue weighted by molar-refractivity contribution is 6.30. The summed E-state index contributed by atoms with van der Waals surface area (Å²) in [7, 11) is 0. The molecule has 0 N–H and O–H groups in total. The van der Waals surface area contributed by atoms with Gasteiger partial charge in [-0.25, -0.2) is 4.39 Å². The molecule has 5 rings (SSSR count). The maximum Gasteiger partial charge on any atom is 0.415 e. The Balaban J connectivity index is 1.28. The molecule has 0 unspecified atom stereocenters. The van der Waals surface area contributed by atoms with Crippen LogP contribution in [0.3, 0.4) is 0 Å². The predicted molar refractivity (Wildman–Crippen MR) is 112 cm³/mol. The number of halogens is 2. The van der Waals surface area contributed by atoms with Crippen molar-refractivity contribution in [1.29, 1.82) is 0 Å². The highest BCUT2D eigenvalue weighted by Crippen LogP contribution is 2.33. The van der Waals surface area contributed by atoms with Gasteiger partial charge in [-0.1, -0.05) is 23.7 Å². The normalized spacial score (nSPS) is 20.2. The van der Waals surface area contributed by atoms with Gasteiger partial charge in [-0.05, 0) is 35.6 Å². The van der Waals surface area contributed by atoms with Crippen molar-refractivity contribution in [2.45, 2.75) is 32.0 Å². The van der Waals surface area contributed by atoms with E-state index in [9.17, 15) is 14.5 Å². The maximum absolute atomic E-state index is 13.8. The van der Waals surface area contributed by atoms with Crippen LogP contribution in [0, 0.1) is 15.9 Å². The van der Waals surface area contributed by atoms with Crippen LogP contribution in [0.5, 0.6) is 6.01 Å². The second-order valence-electron chi connectivity index (χ2n) is 8.21. The number of nitro groups is 1. The highest BCUT2D eigenvalue weighted by atomic mass is 35.5. The van der Waals surface area contributed by atoms with E-state index in [0.29, 0.717) is 18.7 Å². The van der Waals surface area contributed by atoms with Crippen LogP contribution in [0.15, 0.2) is 36.5 Å². The third-order valence-electron chi connectivity index (χ3n) is 5.66. The molecule has 160 valence electrons. The molecule has 3 aromatic rings. The Bertz CT molecular complexity index is 1170. The summed E-state index contributed by atoms with van der Waals surface area (Å²) in [6.07, 6.45) is 2.18. The van der Waals surface area contributed by atoms with E-state index in [1.807, 2.05) is 19.1 Å². The Morgan fingerprint density at radius 2 is 2.16 bits per heavy atom. The number of nitrogens with zero attached hydrogens (tertiary/aromatic N) is 5. The Hall–Kier alpha value is -3.04. The first-order valence-electron chi connectivity index (χ1n) is 9.87. The van der Waals surface area contributed by atoms with Crippen LogP contribution >= 0.6 is 11.6 Å². The zero-order chi connectivity index (χ0) is 21.8. The van der Waals surface area contributed by atoms with Gasteiger partial charge in [0.1, 0.15) is 17.6 Å². The summed E-state index contributed by atoms with van der Waals surface area (Å²) >= 11 is 5.78. The third kappa shape index (κ3) is 3.75. The molecular formula is C21H19ClFN5O3. The molecule has 2 aliphatic heterocycles. The van der Waals surface area contributed by atoms with E-state index in [0.717, 1.165) is 36.5 Å². The number of aromatic nitrogens is 3. The van der Waals surface area contributed by atoms with Gasteiger partial charge in [-0.3, -0.25) is 14.5 Å². The zero-order valence-corrected chi connectivity index (χ0v) is 17.5. The molecule has 0 radical (unpaired) electrons. The van der Waals surface area contributed by atoms with Gasteiger partial charge < -0.3 is 14.9 Å². The van der Waals surface area contributed by atoms with Gasteiger partial charge in [0, 0.05) is 42.3 Å². The van der Waals surface area contributed by atoms with Crippen LogP contribution in [-0.4, -0.2) is 43.0 Å². The summed E-state index contributed by atoms with van der Waals surface area (Å²) in [6, 6.07) is 8.92. The minimum atomic E-state index is -0.521. The quantitative estimate of drug-likeness (QED) is 0.449. The highest BCUT2D eigenvalue weighted by Gasteiger charge is 2.41. The van der Waals surface area contributed by atoms with Gasteiger partial charge in [-0.15, -0.1) is 0 Å². The molecule has 2 aliphatic rings. The van der Waals surface area contributed by atoms with Crippen LogP contribution in [0.2, 0.25) is 5.02 Å². The molecule has 0 bridgehead atoms. The minimum absolute atomic E-state index is 0.0940. The van der Waals surface area contributed by atoms with E-state index < -0.39 is 16.3 Å². The molecule has 0 fully saturated rings. The predicted octanol–water partition coefficient (Wildman–Crippen LogP) is 3.86. The molecule has 1 atom stereocenters. The summed E-state index contributed by atoms with van der Waals surface area (Å²) < 4.78 is 21.5. The van der Waals surface area contributed by atoms with Gasteiger partial charge in [0.05, 0.1) is 17.3 Å². The molecule has 0 amide bonds. The summed E-state index contributed by atoms with van der Waals surface area (Å²) in [5, 5.41) is 11.0. The van der Waals surface area contributed by atoms with E-state index in [2.05, 4.69) is 9.88 Å². The molecule has 8 nitrogen and oxygen atoms in total. The molecular weight excluding hydrogens is 425 g/mol. The summed E-state index contributed by atoms with van der Waals surface area (Å²) in [5.41, 5.74) is 3.04. The lowest BCUT2D eigenvalue weighted by molar-refractivity contribution is -0.389. The van der Waals surface area contributed by atoms with Crippen LogP contribution in [0.25, 0.3) is 11.3 Å². The number of rotatable bonds is 4. The lowest BCUT2D eigenvalue weighted by atomic mass is 10.0. The van der Waals surface area contributed by atoms with Gasteiger partial charge in [-0.2, -0.15) is 0 Å². The molecule has 10 heteroatoms. The number of imidazole rings is 1. The van der Waals surface area contributed by atoms with Gasteiger partial charge in [0.25, 0.3) is 0 Å². The maximum atomic E-state index is 13.8. The van der Waals surface area contributed by atoms with Crippen molar-refractivity contribution in [2.75, 3.05) is 13.1 Å². The second kappa shape index (κ2) is 7.28.